The van der Waals surface area contributed by atoms with Crippen LogP contribution in [0.25, 0.3) is 0 Å². The number of nitrogens with one attached hydrogen (secondary N) is 1. The van der Waals surface area contributed by atoms with Crippen LogP contribution in [0.5, 0.6) is 0 Å². The highest BCUT2D eigenvalue weighted by atomic mass is 16.4. The second-order valence-corrected chi connectivity index (χ2v) is 2.70. The smallest absolute Gasteiger partial charge is 0.328 e. The Hall–Kier alpha value is -1.67. The average molecular weight is 221 g/mol. The van der Waals surface area contributed by atoms with Crippen molar-refractivity contribution in [1.82, 2.24) is 5.32 Å². The van der Waals surface area contributed by atoms with Gasteiger partial charge in [0.1, 0.15) is 12.1 Å². The molecule has 0 heterocycles. The minimum atomic E-state index is -1.84. The Morgan fingerprint density at radius 1 is 1.20 bits per heavy atom. The van der Waals surface area contributed by atoms with Gasteiger partial charge in [-0.2, -0.15) is 0 Å². The SMILES string of the molecule is O=C(O)CC(O)C(=O)N[C@@H](CO)C(=O)O. The summed E-state index contributed by atoms with van der Waals surface area (Å²) < 4.78 is 0. The zero-order chi connectivity index (χ0) is 12.0. The topological polar surface area (TPSA) is 144 Å². The molecule has 5 N–H and O–H groups in total. The van der Waals surface area contributed by atoms with Gasteiger partial charge in [0, 0.05) is 0 Å². The number of hydrogen-bond donors (Lipinski definition) is 5. The van der Waals surface area contributed by atoms with Crippen molar-refractivity contribution in [2.24, 2.45) is 0 Å². The van der Waals surface area contributed by atoms with Gasteiger partial charge in [0.05, 0.1) is 13.0 Å². The fraction of sp³-hybridized carbons (Fsp3) is 0.571. The molecular formula is C7H11NO7. The fourth-order valence-electron chi connectivity index (χ4n) is 0.711. The van der Waals surface area contributed by atoms with Crippen LogP contribution in [-0.2, 0) is 14.4 Å². The lowest BCUT2D eigenvalue weighted by atomic mass is 10.2. The van der Waals surface area contributed by atoms with Crippen LogP contribution < -0.4 is 5.32 Å². The second kappa shape index (κ2) is 5.94. The molecule has 15 heavy (non-hydrogen) atoms. The molecule has 8 nitrogen and oxygen atoms in total. The lowest BCUT2D eigenvalue weighted by Gasteiger charge is -2.13. The first-order valence-corrected chi connectivity index (χ1v) is 3.92. The van der Waals surface area contributed by atoms with E-state index < -0.39 is 43.0 Å². The van der Waals surface area contributed by atoms with Crippen LogP contribution in [0.1, 0.15) is 6.42 Å². The maximum absolute atomic E-state index is 11.0. The molecule has 2 atom stereocenters. The number of rotatable bonds is 6. The van der Waals surface area contributed by atoms with Crippen LogP contribution in [0.3, 0.4) is 0 Å². The molecule has 1 unspecified atom stereocenters. The summed E-state index contributed by atoms with van der Waals surface area (Å²) in [7, 11) is 0. The lowest BCUT2D eigenvalue weighted by molar-refractivity contribution is -0.147. The first-order valence-electron chi connectivity index (χ1n) is 3.92. The van der Waals surface area contributed by atoms with Gasteiger partial charge in [-0.15, -0.1) is 0 Å². The summed E-state index contributed by atoms with van der Waals surface area (Å²) in [6.07, 6.45) is -2.67. The summed E-state index contributed by atoms with van der Waals surface area (Å²) in [6, 6.07) is -1.55. The molecule has 0 aliphatic rings. The third kappa shape index (κ3) is 4.93. The standard InChI is InChI=1S/C7H11NO7/c9-2-3(7(14)15)8-6(13)4(10)1-5(11)12/h3-4,9-10H,1-2H2,(H,8,13)(H,11,12)(H,14,15)/t3-,4?/m0/s1. The quantitative estimate of drug-likeness (QED) is 0.330. The van der Waals surface area contributed by atoms with Gasteiger partial charge >= 0.3 is 11.9 Å². The van der Waals surface area contributed by atoms with Crippen molar-refractivity contribution in [3.8, 4) is 0 Å². The van der Waals surface area contributed by atoms with E-state index in [1.165, 1.54) is 0 Å². The van der Waals surface area contributed by atoms with Crippen LogP contribution in [0.15, 0.2) is 0 Å². The Kier molecular flexibility index (Phi) is 5.27. The van der Waals surface area contributed by atoms with Crippen molar-refractivity contribution in [1.29, 1.82) is 0 Å². The van der Waals surface area contributed by atoms with E-state index in [4.69, 9.17) is 20.4 Å². The van der Waals surface area contributed by atoms with E-state index in [1.54, 1.807) is 5.32 Å². The molecule has 0 aliphatic heterocycles. The summed E-state index contributed by atoms with van der Waals surface area (Å²) in [5.74, 6) is -4.03. The van der Waals surface area contributed by atoms with Crippen LogP contribution in [0.2, 0.25) is 0 Å². The van der Waals surface area contributed by atoms with E-state index in [0.29, 0.717) is 0 Å². The number of aliphatic hydroxyl groups is 2. The van der Waals surface area contributed by atoms with Gasteiger partial charge in [-0.25, -0.2) is 4.79 Å². The molecule has 86 valence electrons. The maximum Gasteiger partial charge on any atom is 0.328 e. The van der Waals surface area contributed by atoms with Gasteiger partial charge in [-0.3, -0.25) is 9.59 Å². The van der Waals surface area contributed by atoms with Crippen molar-refractivity contribution < 1.29 is 34.8 Å². The van der Waals surface area contributed by atoms with Gasteiger partial charge in [-0.1, -0.05) is 0 Å². The highest BCUT2D eigenvalue weighted by Gasteiger charge is 2.24. The summed E-state index contributed by atoms with van der Waals surface area (Å²) in [4.78, 5) is 31.4. The van der Waals surface area contributed by atoms with Crippen molar-refractivity contribution >= 4 is 17.8 Å². The van der Waals surface area contributed by atoms with Crippen molar-refractivity contribution in [2.45, 2.75) is 18.6 Å². The van der Waals surface area contributed by atoms with Crippen LogP contribution in [0.4, 0.5) is 0 Å². The molecule has 0 fully saturated rings. The zero-order valence-electron chi connectivity index (χ0n) is 7.58. The monoisotopic (exact) mass is 221 g/mol. The minimum absolute atomic E-state index is 0.830. The normalized spacial score (nSPS) is 14.0. The molecule has 0 saturated heterocycles. The number of carbonyl (C=O) groups excluding carboxylic acids is 1. The number of hydrogen-bond acceptors (Lipinski definition) is 5. The predicted molar refractivity (Wildman–Crippen MR) is 44.9 cm³/mol. The number of carboxylic acid groups (broad SMARTS) is 2. The van der Waals surface area contributed by atoms with E-state index in [0.717, 1.165) is 0 Å². The first kappa shape index (κ1) is 13.3. The first-order chi connectivity index (χ1) is 6.88. The molecule has 0 rings (SSSR count). The maximum atomic E-state index is 11.0. The molecule has 8 heteroatoms. The summed E-state index contributed by atoms with van der Waals surface area (Å²) in [5, 5.41) is 35.9. The molecular weight excluding hydrogens is 210 g/mol. The van der Waals surface area contributed by atoms with Gasteiger partial charge < -0.3 is 25.7 Å². The molecule has 1 amide bonds. The molecule has 0 aliphatic carbocycles. The van der Waals surface area contributed by atoms with Crippen LogP contribution in [0, 0.1) is 0 Å². The molecule has 0 aromatic rings. The summed E-state index contributed by atoms with van der Waals surface area (Å²) >= 11 is 0. The molecule has 0 saturated carbocycles. The van der Waals surface area contributed by atoms with Crippen molar-refractivity contribution in [3.05, 3.63) is 0 Å². The third-order valence-corrected chi connectivity index (χ3v) is 1.47. The van der Waals surface area contributed by atoms with E-state index in [-0.39, 0.29) is 0 Å². The zero-order valence-corrected chi connectivity index (χ0v) is 7.58. The Bertz CT molecular complexity index is 264. The van der Waals surface area contributed by atoms with Gasteiger partial charge in [-0.05, 0) is 0 Å². The Labute approximate surface area is 84.1 Å². The molecule has 0 aromatic carbocycles. The Balaban J connectivity index is 4.21. The summed E-state index contributed by atoms with van der Waals surface area (Å²) in [5.41, 5.74) is 0. The number of aliphatic hydroxyl groups excluding tert-OH is 2. The highest BCUT2D eigenvalue weighted by Crippen LogP contribution is 1.93. The number of aliphatic carboxylic acids is 2. The molecule has 0 aromatic heterocycles. The van der Waals surface area contributed by atoms with E-state index in [9.17, 15) is 14.4 Å². The van der Waals surface area contributed by atoms with E-state index >= 15 is 0 Å². The average Bonchev–Trinajstić information content (AvgIpc) is 2.11. The number of carboxylic acids is 2. The third-order valence-electron chi connectivity index (χ3n) is 1.47. The second-order valence-electron chi connectivity index (χ2n) is 2.70. The van der Waals surface area contributed by atoms with Crippen LogP contribution >= 0.6 is 0 Å². The molecule has 0 spiro atoms. The van der Waals surface area contributed by atoms with Gasteiger partial charge in [0.25, 0.3) is 0 Å². The fourth-order valence-corrected chi connectivity index (χ4v) is 0.711. The highest BCUT2D eigenvalue weighted by molar-refractivity contribution is 5.88. The largest absolute Gasteiger partial charge is 0.481 e. The van der Waals surface area contributed by atoms with Crippen molar-refractivity contribution in [3.63, 3.8) is 0 Å². The minimum Gasteiger partial charge on any atom is -0.481 e. The Morgan fingerprint density at radius 2 is 1.73 bits per heavy atom. The van der Waals surface area contributed by atoms with Crippen molar-refractivity contribution in [2.75, 3.05) is 6.61 Å². The molecule has 0 bridgehead atoms. The Morgan fingerprint density at radius 3 is 2.07 bits per heavy atom. The van der Waals surface area contributed by atoms with Gasteiger partial charge in [0.2, 0.25) is 5.91 Å². The predicted octanol–water partition coefficient (Wildman–Crippen LogP) is -2.62. The van der Waals surface area contributed by atoms with Crippen LogP contribution in [-0.4, -0.2) is 57.0 Å². The number of amides is 1. The molecule has 0 radical (unpaired) electrons. The van der Waals surface area contributed by atoms with Gasteiger partial charge in [0.15, 0.2) is 0 Å². The summed E-state index contributed by atoms with van der Waals surface area (Å²) in [6.45, 7) is -0.846. The van der Waals surface area contributed by atoms with E-state index in [1.807, 2.05) is 0 Å². The number of carbonyl (C=O) groups is 3. The lowest BCUT2D eigenvalue weighted by Crippen LogP contribution is -2.47. The van der Waals surface area contributed by atoms with E-state index in [2.05, 4.69) is 0 Å².